The van der Waals surface area contributed by atoms with Crippen LogP contribution in [0.3, 0.4) is 0 Å². The van der Waals surface area contributed by atoms with Gasteiger partial charge in [-0.25, -0.2) is 0 Å². The highest BCUT2D eigenvalue weighted by Crippen LogP contribution is 2.31. The lowest BCUT2D eigenvalue weighted by Gasteiger charge is -2.19. The summed E-state index contributed by atoms with van der Waals surface area (Å²) in [5.41, 5.74) is 2.43. The number of methoxy groups -OCH3 is 1. The van der Waals surface area contributed by atoms with Gasteiger partial charge in [0.2, 0.25) is 0 Å². The van der Waals surface area contributed by atoms with Crippen LogP contribution in [0.4, 0.5) is 5.69 Å². The van der Waals surface area contributed by atoms with Gasteiger partial charge >= 0.3 is 0 Å². The van der Waals surface area contributed by atoms with Crippen molar-refractivity contribution < 1.29 is 14.3 Å². The molecule has 0 aromatic heterocycles. The average molecular weight is 285 g/mol. The van der Waals surface area contributed by atoms with Crippen molar-refractivity contribution in [2.24, 2.45) is 0 Å². The number of hydrogen-bond donors (Lipinski definition) is 1. The summed E-state index contributed by atoms with van der Waals surface area (Å²) < 4.78 is 10.5. The molecule has 21 heavy (non-hydrogen) atoms. The minimum absolute atomic E-state index is 0.0954. The summed E-state index contributed by atoms with van der Waals surface area (Å²) in [5.74, 6) is 0.511. The van der Waals surface area contributed by atoms with Crippen LogP contribution in [0.2, 0.25) is 0 Å². The summed E-state index contributed by atoms with van der Waals surface area (Å²) in [6.07, 6.45) is 0.781. The molecule has 2 rings (SSSR count). The van der Waals surface area contributed by atoms with Gasteiger partial charge in [0, 0.05) is 13.2 Å². The van der Waals surface area contributed by atoms with Crippen molar-refractivity contribution in [3.8, 4) is 5.75 Å². The van der Waals surface area contributed by atoms with Crippen molar-refractivity contribution in [2.45, 2.75) is 13.0 Å². The van der Waals surface area contributed by atoms with Crippen molar-refractivity contribution in [1.82, 2.24) is 0 Å². The highest BCUT2D eigenvalue weighted by molar-refractivity contribution is 5.83. The van der Waals surface area contributed by atoms with Crippen LogP contribution in [0.5, 0.6) is 5.75 Å². The summed E-state index contributed by atoms with van der Waals surface area (Å²) in [5, 5.41) is 3.37. The number of carbonyl (C=O) groups is 1. The average Bonchev–Trinajstić information content (AvgIpc) is 2.54. The van der Waals surface area contributed by atoms with Crippen molar-refractivity contribution in [3.63, 3.8) is 0 Å². The van der Waals surface area contributed by atoms with Gasteiger partial charge in [0.15, 0.2) is 18.8 Å². The van der Waals surface area contributed by atoms with Gasteiger partial charge in [-0.3, -0.25) is 4.79 Å². The highest BCUT2D eigenvalue weighted by atomic mass is 16.7. The number of para-hydroxylation sites is 1. The Hall–Kier alpha value is -2.33. The summed E-state index contributed by atoms with van der Waals surface area (Å²) in [6.45, 7) is 2.16. The Bertz CT molecular complexity index is 584. The number of anilines is 1. The van der Waals surface area contributed by atoms with Gasteiger partial charge in [-0.1, -0.05) is 36.4 Å². The number of aldehydes is 1. The molecule has 0 saturated carbocycles. The van der Waals surface area contributed by atoms with Crippen molar-refractivity contribution in [2.75, 3.05) is 19.2 Å². The molecule has 0 aliphatic rings. The fourth-order valence-corrected chi connectivity index (χ4v) is 2.10. The Morgan fingerprint density at radius 1 is 1.14 bits per heavy atom. The number of carbonyl (C=O) groups excluding carboxylic acids is 1. The lowest BCUT2D eigenvalue weighted by molar-refractivity contribution is 0.0510. The molecule has 0 saturated heterocycles. The molecule has 1 N–H and O–H groups in total. The van der Waals surface area contributed by atoms with Crippen LogP contribution in [0.1, 0.15) is 28.9 Å². The molecule has 2 aromatic carbocycles. The largest absolute Gasteiger partial charge is 0.465 e. The molecule has 1 unspecified atom stereocenters. The second kappa shape index (κ2) is 7.45. The van der Waals surface area contributed by atoms with E-state index >= 15 is 0 Å². The van der Waals surface area contributed by atoms with E-state index in [0.717, 1.165) is 17.5 Å². The predicted octanol–water partition coefficient (Wildman–Crippen LogP) is 3.65. The molecule has 0 fully saturated rings. The normalized spacial score (nSPS) is 11.7. The maximum Gasteiger partial charge on any atom is 0.188 e. The maximum absolute atomic E-state index is 11.1. The fourth-order valence-electron chi connectivity index (χ4n) is 2.10. The predicted molar refractivity (Wildman–Crippen MR) is 82.8 cm³/mol. The molecule has 0 aliphatic carbocycles. The van der Waals surface area contributed by atoms with E-state index in [0.29, 0.717) is 11.3 Å². The Balaban J connectivity index is 2.24. The van der Waals surface area contributed by atoms with Gasteiger partial charge in [-0.15, -0.1) is 0 Å². The molecule has 4 nitrogen and oxygen atoms in total. The molecule has 0 aliphatic heterocycles. The zero-order valence-electron chi connectivity index (χ0n) is 12.2. The molecular formula is C17H19NO3. The number of ether oxygens (including phenoxy) is 2. The Kier molecular flexibility index (Phi) is 5.35. The molecule has 0 heterocycles. The highest BCUT2D eigenvalue weighted by Gasteiger charge is 2.12. The molecule has 0 spiro atoms. The van der Waals surface area contributed by atoms with Crippen LogP contribution >= 0.6 is 0 Å². The second-order valence-corrected chi connectivity index (χ2v) is 4.67. The first kappa shape index (κ1) is 15.1. The van der Waals surface area contributed by atoms with E-state index in [2.05, 4.69) is 24.4 Å². The van der Waals surface area contributed by atoms with E-state index < -0.39 is 0 Å². The molecule has 0 bridgehead atoms. The lowest BCUT2D eigenvalue weighted by atomic mass is 10.1. The van der Waals surface area contributed by atoms with E-state index in [1.807, 2.05) is 30.3 Å². The summed E-state index contributed by atoms with van der Waals surface area (Å²) in [4.78, 5) is 11.1. The van der Waals surface area contributed by atoms with E-state index in [1.54, 1.807) is 13.2 Å². The lowest BCUT2D eigenvalue weighted by Crippen LogP contribution is -2.10. The minimum Gasteiger partial charge on any atom is -0.465 e. The van der Waals surface area contributed by atoms with Gasteiger partial charge in [0.25, 0.3) is 0 Å². The van der Waals surface area contributed by atoms with Crippen molar-refractivity contribution >= 4 is 12.0 Å². The van der Waals surface area contributed by atoms with Gasteiger partial charge in [-0.2, -0.15) is 0 Å². The van der Waals surface area contributed by atoms with E-state index in [4.69, 9.17) is 9.47 Å². The monoisotopic (exact) mass is 285 g/mol. The van der Waals surface area contributed by atoms with Crippen LogP contribution in [0.25, 0.3) is 0 Å². The van der Waals surface area contributed by atoms with Gasteiger partial charge in [-0.05, 0) is 24.6 Å². The van der Waals surface area contributed by atoms with Gasteiger partial charge < -0.3 is 14.8 Å². The molecule has 0 amide bonds. The molecule has 1 atom stereocenters. The number of rotatable bonds is 7. The fraction of sp³-hybridized carbons (Fsp3) is 0.235. The summed E-state index contributed by atoms with van der Waals surface area (Å²) in [6, 6.07) is 15.6. The Morgan fingerprint density at radius 2 is 1.90 bits per heavy atom. The van der Waals surface area contributed by atoms with Crippen molar-refractivity contribution in [1.29, 1.82) is 0 Å². The van der Waals surface area contributed by atoms with Crippen LogP contribution in [-0.4, -0.2) is 20.2 Å². The zero-order chi connectivity index (χ0) is 15.1. The number of benzene rings is 2. The first-order valence-electron chi connectivity index (χ1n) is 6.77. The minimum atomic E-state index is 0.0954. The third-order valence-electron chi connectivity index (χ3n) is 3.17. The van der Waals surface area contributed by atoms with Crippen LogP contribution in [-0.2, 0) is 4.74 Å². The molecule has 4 heteroatoms. The van der Waals surface area contributed by atoms with E-state index in [9.17, 15) is 4.79 Å². The first-order chi connectivity index (χ1) is 10.3. The second-order valence-electron chi connectivity index (χ2n) is 4.67. The molecule has 0 radical (unpaired) electrons. The maximum atomic E-state index is 11.1. The first-order valence-corrected chi connectivity index (χ1v) is 6.77. The number of hydrogen-bond acceptors (Lipinski definition) is 4. The molecular weight excluding hydrogens is 266 g/mol. The quantitative estimate of drug-likeness (QED) is 0.623. The SMILES string of the molecule is COCOc1c(C=O)cccc1NC(C)c1ccccc1. The van der Waals surface area contributed by atoms with Crippen molar-refractivity contribution in [3.05, 3.63) is 59.7 Å². The van der Waals surface area contributed by atoms with E-state index in [1.165, 1.54) is 0 Å². The van der Waals surface area contributed by atoms with Gasteiger partial charge in [0.1, 0.15) is 0 Å². The Labute approximate surface area is 124 Å². The third-order valence-corrected chi connectivity index (χ3v) is 3.17. The summed E-state index contributed by atoms with van der Waals surface area (Å²) in [7, 11) is 1.54. The van der Waals surface area contributed by atoms with Crippen LogP contribution in [0.15, 0.2) is 48.5 Å². The topological polar surface area (TPSA) is 47.6 Å². The zero-order valence-corrected chi connectivity index (χ0v) is 12.2. The molecule has 110 valence electrons. The number of nitrogens with one attached hydrogen (secondary N) is 1. The summed E-state index contributed by atoms with van der Waals surface area (Å²) >= 11 is 0. The Morgan fingerprint density at radius 3 is 2.57 bits per heavy atom. The van der Waals surface area contributed by atoms with Gasteiger partial charge in [0.05, 0.1) is 11.3 Å². The van der Waals surface area contributed by atoms with Crippen LogP contribution < -0.4 is 10.1 Å². The third kappa shape index (κ3) is 3.83. The van der Waals surface area contributed by atoms with E-state index in [-0.39, 0.29) is 12.8 Å². The molecule has 2 aromatic rings. The van der Waals surface area contributed by atoms with Crippen LogP contribution in [0, 0.1) is 0 Å². The standard InChI is InChI=1S/C17H19NO3/c1-13(14-7-4-3-5-8-14)18-16-10-6-9-15(11-19)17(16)21-12-20-2/h3-11,13,18H,12H2,1-2H3. The smallest absolute Gasteiger partial charge is 0.188 e.